The van der Waals surface area contributed by atoms with E-state index in [4.69, 9.17) is 5.73 Å². The number of fused-ring (bicyclic) bond motifs is 2. The summed E-state index contributed by atoms with van der Waals surface area (Å²) in [7, 11) is 0. The maximum absolute atomic E-state index is 5.75. The van der Waals surface area contributed by atoms with Gasteiger partial charge in [0.05, 0.1) is 22.1 Å². The highest BCUT2D eigenvalue weighted by molar-refractivity contribution is 5.89. The summed E-state index contributed by atoms with van der Waals surface area (Å²) in [6.45, 7) is 4.17. The first-order valence-electron chi connectivity index (χ1n) is 5.58. The summed E-state index contributed by atoms with van der Waals surface area (Å²) in [5.74, 6) is 0. The quantitative estimate of drug-likeness (QED) is 0.471. The van der Waals surface area contributed by atoms with Crippen molar-refractivity contribution in [3.8, 4) is 0 Å². The Hall–Kier alpha value is -2.16. The third-order valence-electron chi connectivity index (χ3n) is 3.15. The minimum Gasteiger partial charge on any atom is -0.399 e. The molecule has 0 unspecified atom stereocenters. The van der Waals surface area contributed by atoms with Crippen LogP contribution in [0.3, 0.4) is 0 Å². The molecule has 0 fully saturated rings. The first-order chi connectivity index (χ1) is 8.15. The lowest BCUT2D eigenvalue weighted by molar-refractivity contribution is 1.31. The second kappa shape index (κ2) is 3.42. The van der Waals surface area contributed by atoms with Gasteiger partial charge in [0.25, 0.3) is 0 Å². The molecule has 0 spiro atoms. The van der Waals surface area contributed by atoms with Gasteiger partial charge in [-0.3, -0.25) is 0 Å². The predicted molar refractivity (Wildman–Crippen MR) is 70.9 cm³/mol. The number of hydrogen-bond donors (Lipinski definition) is 1. The van der Waals surface area contributed by atoms with Crippen LogP contribution in [0.4, 0.5) is 5.69 Å². The van der Waals surface area contributed by atoms with Crippen LogP contribution in [0, 0.1) is 13.8 Å². The molecule has 0 radical (unpaired) electrons. The van der Waals surface area contributed by atoms with Crippen molar-refractivity contribution < 1.29 is 0 Å². The number of aryl methyl sites for hydroxylation is 2. The van der Waals surface area contributed by atoms with Crippen molar-refractivity contribution >= 4 is 27.8 Å². The molecule has 1 heterocycles. The van der Waals surface area contributed by atoms with Crippen LogP contribution >= 0.6 is 0 Å². The maximum Gasteiger partial charge on any atom is 0.0926 e. The van der Waals surface area contributed by atoms with Crippen molar-refractivity contribution in [2.75, 3.05) is 5.73 Å². The Bertz CT molecular complexity index is 732. The van der Waals surface area contributed by atoms with Crippen molar-refractivity contribution in [1.82, 2.24) is 9.97 Å². The van der Waals surface area contributed by atoms with Crippen LogP contribution in [0.25, 0.3) is 22.1 Å². The predicted octanol–water partition coefficient (Wildman–Crippen LogP) is 2.98. The molecule has 0 amide bonds. The van der Waals surface area contributed by atoms with Gasteiger partial charge >= 0.3 is 0 Å². The van der Waals surface area contributed by atoms with Gasteiger partial charge in [-0.05, 0) is 49.2 Å². The lowest BCUT2D eigenvalue weighted by Crippen LogP contribution is -1.93. The van der Waals surface area contributed by atoms with E-state index in [0.717, 1.165) is 27.8 Å². The molecular weight excluding hydrogens is 210 g/mol. The minimum absolute atomic E-state index is 0.718. The molecule has 0 bridgehead atoms. The Labute approximate surface area is 99.3 Å². The molecule has 0 aliphatic rings. The zero-order valence-corrected chi connectivity index (χ0v) is 9.86. The fraction of sp³-hybridized carbons (Fsp3) is 0.143. The molecule has 3 rings (SSSR count). The molecule has 1 aromatic heterocycles. The number of anilines is 1. The van der Waals surface area contributed by atoms with Crippen LogP contribution in [0.15, 0.2) is 30.3 Å². The van der Waals surface area contributed by atoms with E-state index >= 15 is 0 Å². The van der Waals surface area contributed by atoms with Crippen molar-refractivity contribution in [3.05, 3.63) is 41.5 Å². The first-order valence-corrected chi connectivity index (χ1v) is 5.58. The molecular formula is C14H13N3. The van der Waals surface area contributed by atoms with Crippen molar-refractivity contribution in [2.24, 2.45) is 0 Å². The number of nitrogens with two attached hydrogens (primary N) is 1. The van der Waals surface area contributed by atoms with Crippen LogP contribution in [0.1, 0.15) is 11.1 Å². The Morgan fingerprint density at radius 1 is 0.882 bits per heavy atom. The van der Waals surface area contributed by atoms with Crippen LogP contribution < -0.4 is 5.73 Å². The molecule has 17 heavy (non-hydrogen) atoms. The van der Waals surface area contributed by atoms with E-state index in [2.05, 4.69) is 29.9 Å². The number of nitrogen functional groups attached to an aromatic ring is 1. The van der Waals surface area contributed by atoms with Gasteiger partial charge in [-0.15, -0.1) is 0 Å². The van der Waals surface area contributed by atoms with Gasteiger partial charge in [0.1, 0.15) is 0 Å². The van der Waals surface area contributed by atoms with Crippen LogP contribution in [-0.4, -0.2) is 9.97 Å². The van der Waals surface area contributed by atoms with Crippen molar-refractivity contribution in [2.45, 2.75) is 13.8 Å². The summed E-state index contributed by atoms with van der Waals surface area (Å²) in [6.07, 6.45) is 0. The normalized spacial score (nSPS) is 11.2. The average Bonchev–Trinajstić information content (AvgIpc) is 2.32. The average molecular weight is 223 g/mol. The van der Waals surface area contributed by atoms with Gasteiger partial charge < -0.3 is 5.73 Å². The molecule has 0 saturated heterocycles. The lowest BCUT2D eigenvalue weighted by Gasteiger charge is -2.06. The molecule has 2 aromatic carbocycles. The SMILES string of the molecule is Cc1ccc2nc3cc(N)ccc3nc2c1C. The van der Waals surface area contributed by atoms with E-state index in [0.29, 0.717) is 0 Å². The van der Waals surface area contributed by atoms with Gasteiger partial charge in [-0.2, -0.15) is 0 Å². The van der Waals surface area contributed by atoms with Crippen LogP contribution in [-0.2, 0) is 0 Å². The summed E-state index contributed by atoms with van der Waals surface area (Å²) >= 11 is 0. The van der Waals surface area contributed by atoms with Gasteiger partial charge in [0.2, 0.25) is 0 Å². The number of aromatic nitrogens is 2. The third-order valence-corrected chi connectivity index (χ3v) is 3.15. The van der Waals surface area contributed by atoms with E-state index in [9.17, 15) is 0 Å². The highest BCUT2D eigenvalue weighted by atomic mass is 14.8. The van der Waals surface area contributed by atoms with Crippen LogP contribution in [0.2, 0.25) is 0 Å². The zero-order valence-electron chi connectivity index (χ0n) is 9.86. The number of rotatable bonds is 0. The summed E-state index contributed by atoms with van der Waals surface area (Å²) in [4.78, 5) is 9.26. The fourth-order valence-corrected chi connectivity index (χ4v) is 1.99. The summed E-state index contributed by atoms with van der Waals surface area (Å²) in [6, 6.07) is 9.71. The first kappa shape index (κ1) is 10.0. The van der Waals surface area contributed by atoms with E-state index in [1.165, 1.54) is 11.1 Å². The van der Waals surface area contributed by atoms with E-state index in [-0.39, 0.29) is 0 Å². The molecule has 2 N–H and O–H groups in total. The molecule has 0 atom stereocenters. The van der Waals surface area contributed by atoms with E-state index < -0.39 is 0 Å². The maximum atomic E-state index is 5.75. The summed E-state index contributed by atoms with van der Waals surface area (Å²) in [5, 5.41) is 0. The highest BCUT2D eigenvalue weighted by Crippen LogP contribution is 2.22. The third kappa shape index (κ3) is 1.51. The molecule has 84 valence electrons. The molecule has 3 aromatic rings. The second-order valence-electron chi connectivity index (χ2n) is 4.35. The number of nitrogens with zero attached hydrogens (tertiary/aromatic N) is 2. The summed E-state index contributed by atoms with van der Waals surface area (Å²) < 4.78 is 0. The summed E-state index contributed by atoms with van der Waals surface area (Å²) in [5.41, 5.74) is 12.5. The Balaban J connectivity index is 2.48. The zero-order chi connectivity index (χ0) is 12.0. The van der Waals surface area contributed by atoms with E-state index in [1.54, 1.807) is 0 Å². The Kier molecular flexibility index (Phi) is 2.01. The van der Waals surface area contributed by atoms with Crippen molar-refractivity contribution in [3.63, 3.8) is 0 Å². The Morgan fingerprint density at radius 3 is 2.47 bits per heavy atom. The highest BCUT2D eigenvalue weighted by Gasteiger charge is 2.05. The molecule has 3 heteroatoms. The van der Waals surface area contributed by atoms with Crippen molar-refractivity contribution in [1.29, 1.82) is 0 Å². The largest absolute Gasteiger partial charge is 0.399 e. The van der Waals surface area contributed by atoms with Crippen LogP contribution in [0.5, 0.6) is 0 Å². The molecule has 0 aliphatic heterocycles. The fourth-order valence-electron chi connectivity index (χ4n) is 1.99. The minimum atomic E-state index is 0.718. The Morgan fingerprint density at radius 2 is 1.65 bits per heavy atom. The van der Waals surface area contributed by atoms with Gasteiger partial charge in [0, 0.05) is 5.69 Å². The standard InChI is InChI=1S/C14H13N3/c1-8-3-5-12-14(9(8)2)17-11-6-4-10(15)7-13(11)16-12/h3-7H,15H2,1-2H3. The number of benzene rings is 2. The van der Waals surface area contributed by atoms with Gasteiger partial charge in [-0.1, -0.05) is 6.07 Å². The lowest BCUT2D eigenvalue weighted by atomic mass is 10.1. The molecule has 0 aliphatic carbocycles. The second-order valence-corrected chi connectivity index (χ2v) is 4.35. The monoisotopic (exact) mass is 223 g/mol. The topological polar surface area (TPSA) is 51.8 Å². The van der Waals surface area contributed by atoms with Gasteiger partial charge in [0.15, 0.2) is 0 Å². The number of hydrogen-bond acceptors (Lipinski definition) is 3. The van der Waals surface area contributed by atoms with E-state index in [1.807, 2.05) is 24.3 Å². The van der Waals surface area contributed by atoms with Gasteiger partial charge in [-0.25, -0.2) is 9.97 Å². The smallest absolute Gasteiger partial charge is 0.0926 e. The molecule has 3 nitrogen and oxygen atoms in total. The molecule has 0 saturated carbocycles.